The number of anilines is 1. The van der Waals surface area contributed by atoms with Gasteiger partial charge in [-0.1, -0.05) is 24.3 Å². The van der Waals surface area contributed by atoms with E-state index in [-0.39, 0.29) is 5.91 Å². The van der Waals surface area contributed by atoms with Gasteiger partial charge in [0.25, 0.3) is 0 Å². The molecule has 5 heteroatoms. The fraction of sp³-hybridized carbons (Fsp3) is 0.333. The molecule has 0 unspecified atom stereocenters. The third kappa shape index (κ3) is 2.99. The Bertz CT molecular complexity index is 538. The molecule has 1 aromatic carbocycles. The van der Waals surface area contributed by atoms with Gasteiger partial charge in [0.15, 0.2) is 0 Å². The van der Waals surface area contributed by atoms with Crippen LogP contribution in [0.3, 0.4) is 0 Å². The van der Waals surface area contributed by atoms with E-state index in [0.717, 1.165) is 0 Å². The molecule has 0 spiro atoms. The molecule has 1 aliphatic rings. The molecule has 2 atom stereocenters. The number of aliphatic carboxylic acids is 1. The predicted octanol–water partition coefficient (Wildman–Crippen LogP) is 0.966. The van der Waals surface area contributed by atoms with E-state index >= 15 is 0 Å². The second-order valence-electron chi connectivity index (χ2n) is 4.66. The number of carboxylic acid groups (broad SMARTS) is 1. The van der Waals surface area contributed by atoms with E-state index in [1.165, 1.54) is 7.11 Å². The van der Waals surface area contributed by atoms with Crippen LogP contribution in [-0.2, 0) is 9.59 Å². The van der Waals surface area contributed by atoms with Gasteiger partial charge >= 0.3 is 0 Å². The van der Waals surface area contributed by atoms with Crippen molar-refractivity contribution in [3.8, 4) is 5.75 Å². The molecular weight excluding hydrogens is 258 g/mol. The normalized spacial score (nSPS) is 21.2. The van der Waals surface area contributed by atoms with Crippen molar-refractivity contribution in [1.29, 1.82) is 0 Å². The molecule has 2 rings (SSSR count). The van der Waals surface area contributed by atoms with Crippen LogP contribution in [0.25, 0.3) is 0 Å². The number of hydrogen-bond acceptors (Lipinski definition) is 4. The number of nitrogens with one attached hydrogen (secondary N) is 1. The molecule has 20 heavy (non-hydrogen) atoms. The first-order valence-corrected chi connectivity index (χ1v) is 6.43. The lowest BCUT2D eigenvalue weighted by Crippen LogP contribution is -2.41. The highest BCUT2D eigenvalue weighted by Crippen LogP contribution is 2.29. The Balaban J connectivity index is 2.14. The summed E-state index contributed by atoms with van der Waals surface area (Å²) in [4.78, 5) is 23.4. The number of amides is 1. The van der Waals surface area contributed by atoms with Crippen LogP contribution < -0.4 is 15.2 Å². The third-order valence-corrected chi connectivity index (χ3v) is 3.44. The molecule has 0 radical (unpaired) electrons. The second kappa shape index (κ2) is 6.23. The number of carbonyl (C=O) groups excluding carboxylic acids is 2. The SMILES string of the molecule is COc1ccccc1NC(=O)[C@@H]1CC=CC[C@@H]1C(=O)[O-]. The minimum atomic E-state index is -1.19. The summed E-state index contributed by atoms with van der Waals surface area (Å²) in [6, 6.07) is 7.01. The lowest BCUT2D eigenvalue weighted by atomic mass is 9.82. The Morgan fingerprint density at radius 1 is 1.20 bits per heavy atom. The maximum Gasteiger partial charge on any atom is 0.228 e. The third-order valence-electron chi connectivity index (χ3n) is 3.44. The summed E-state index contributed by atoms with van der Waals surface area (Å²) in [5.41, 5.74) is 0.534. The van der Waals surface area contributed by atoms with Gasteiger partial charge < -0.3 is 20.0 Å². The van der Waals surface area contributed by atoms with Gasteiger partial charge in [0.2, 0.25) is 5.91 Å². The smallest absolute Gasteiger partial charge is 0.228 e. The molecule has 106 valence electrons. The van der Waals surface area contributed by atoms with Crippen LogP contribution in [0.5, 0.6) is 5.75 Å². The van der Waals surface area contributed by atoms with E-state index in [2.05, 4.69) is 5.32 Å². The zero-order valence-corrected chi connectivity index (χ0v) is 11.2. The molecule has 0 saturated carbocycles. The molecule has 0 bridgehead atoms. The van der Waals surface area contributed by atoms with Crippen molar-refractivity contribution in [2.24, 2.45) is 11.8 Å². The lowest BCUT2D eigenvalue weighted by Gasteiger charge is -2.28. The van der Waals surface area contributed by atoms with Crippen LogP contribution in [0.4, 0.5) is 5.69 Å². The Hall–Kier alpha value is -2.30. The Labute approximate surface area is 117 Å². The first kappa shape index (κ1) is 14.1. The number of para-hydroxylation sites is 2. The van der Waals surface area contributed by atoms with E-state index in [4.69, 9.17) is 4.74 Å². The molecule has 1 aliphatic carbocycles. The summed E-state index contributed by atoms with van der Waals surface area (Å²) in [7, 11) is 1.51. The van der Waals surface area contributed by atoms with Gasteiger partial charge in [0.1, 0.15) is 5.75 Å². The fourth-order valence-corrected chi connectivity index (χ4v) is 2.34. The maximum atomic E-state index is 12.3. The zero-order valence-electron chi connectivity index (χ0n) is 11.2. The molecule has 1 aromatic rings. The summed E-state index contributed by atoms with van der Waals surface area (Å²) >= 11 is 0. The van der Waals surface area contributed by atoms with Crippen LogP contribution in [-0.4, -0.2) is 19.0 Å². The molecule has 0 heterocycles. The maximum absolute atomic E-state index is 12.3. The highest BCUT2D eigenvalue weighted by atomic mass is 16.5. The van der Waals surface area contributed by atoms with E-state index in [0.29, 0.717) is 24.3 Å². The molecule has 1 amide bonds. The van der Waals surface area contributed by atoms with Crippen molar-refractivity contribution < 1.29 is 19.4 Å². The minimum absolute atomic E-state index is 0.326. The monoisotopic (exact) mass is 274 g/mol. The Morgan fingerprint density at radius 2 is 1.85 bits per heavy atom. The largest absolute Gasteiger partial charge is 0.550 e. The van der Waals surface area contributed by atoms with Crippen molar-refractivity contribution in [1.82, 2.24) is 0 Å². The Morgan fingerprint density at radius 3 is 2.50 bits per heavy atom. The molecule has 0 aromatic heterocycles. The van der Waals surface area contributed by atoms with E-state index in [1.807, 2.05) is 6.08 Å². The first-order chi connectivity index (χ1) is 9.63. The van der Waals surface area contributed by atoms with Crippen molar-refractivity contribution in [3.05, 3.63) is 36.4 Å². The van der Waals surface area contributed by atoms with E-state index in [9.17, 15) is 14.7 Å². The average Bonchev–Trinajstić information content (AvgIpc) is 2.47. The summed E-state index contributed by atoms with van der Waals surface area (Å²) in [5.74, 6) is -2.37. The molecule has 1 N–H and O–H groups in total. The number of ether oxygens (including phenoxy) is 1. The molecular formula is C15H16NO4-. The quantitative estimate of drug-likeness (QED) is 0.830. The molecule has 0 saturated heterocycles. The number of hydrogen-bond donors (Lipinski definition) is 1. The van der Waals surface area contributed by atoms with Gasteiger partial charge in [0, 0.05) is 11.9 Å². The zero-order chi connectivity index (χ0) is 14.5. The summed E-state index contributed by atoms with van der Waals surface area (Å²) in [6.45, 7) is 0. The van der Waals surface area contributed by atoms with Crippen molar-refractivity contribution in [2.45, 2.75) is 12.8 Å². The van der Waals surface area contributed by atoms with Gasteiger partial charge in [0.05, 0.1) is 18.7 Å². The van der Waals surface area contributed by atoms with Crippen molar-refractivity contribution in [3.63, 3.8) is 0 Å². The van der Waals surface area contributed by atoms with Crippen LogP contribution in [0.1, 0.15) is 12.8 Å². The summed E-state index contributed by atoms with van der Waals surface area (Å²) in [5, 5.41) is 13.8. The molecule has 0 fully saturated rings. The van der Waals surface area contributed by atoms with Crippen LogP contribution in [0, 0.1) is 11.8 Å². The average molecular weight is 274 g/mol. The van der Waals surface area contributed by atoms with Crippen molar-refractivity contribution in [2.75, 3.05) is 12.4 Å². The van der Waals surface area contributed by atoms with Gasteiger partial charge in [-0.2, -0.15) is 0 Å². The van der Waals surface area contributed by atoms with Gasteiger partial charge in [-0.05, 0) is 25.0 Å². The van der Waals surface area contributed by atoms with Gasteiger partial charge in [-0.15, -0.1) is 0 Å². The Kier molecular flexibility index (Phi) is 4.40. The number of methoxy groups -OCH3 is 1. The number of rotatable bonds is 4. The topological polar surface area (TPSA) is 78.5 Å². The van der Waals surface area contributed by atoms with E-state index < -0.39 is 17.8 Å². The molecule has 5 nitrogen and oxygen atoms in total. The van der Waals surface area contributed by atoms with Gasteiger partial charge in [-0.3, -0.25) is 4.79 Å². The number of carboxylic acids is 1. The summed E-state index contributed by atoms with van der Waals surface area (Å²) < 4.78 is 5.15. The van der Waals surface area contributed by atoms with E-state index in [1.54, 1.807) is 30.3 Å². The second-order valence-corrected chi connectivity index (χ2v) is 4.66. The van der Waals surface area contributed by atoms with Crippen LogP contribution in [0.15, 0.2) is 36.4 Å². The fourth-order valence-electron chi connectivity index (χ4n) is 2.34. The van der Waals surface area contributed by atoms with Crippen LogP contribution in [0.2, 0.25) is 0 Å². The number of allylic oxidation sites excluding steroid dienone is 2. The minimum Gasteiger partial charge on any atom is -0.550 e. The summed E-state index contributed by atoms with van der Waals surface area (Å²) in [6.07, 6.45) is 4.32. The van der Waals surface area contributed by atoms with Crippen molar-refractivity contribution >= 4 is 17.6 Å². The lowest BCUT2D eigenvalue weighted by molar-refractivity contribution is -0.313. The first-order valence-electron chi connectivity index (χ1n) is 6.43. The predicted molar refractivity (Wildman–Crippen MR) is 72.0 cm³/mol. The van der Waals surface area contributed by atoms with Gasteiger partial charge in [-0.25, -0.2) is 0 Å². The number of carbonyl (C=O) groups is 2. The highest BCUT2D eigenvalue weighted by Gasteiger charge is 2.30. The highest BCUT2D eigenvalue weighted by molar-refractivity contribution is 5.96. The standard InChI is InChI=1S/C15H17NO4/c1-20-13-9-5-4-8-12(13)16-14(17)10-6-2-3-7-11(10)15(18)19/h2-5,8-11H,6-7H2,1H3,(H,16,17)(H,18,19)/p-1/t10-,11+/m1/s1. The number of benzene rings is 1. The van der Waals surface area contributed by atoms with Crippen LogP contribution >= 0.6 is 0 Å². The molecule has 0 aliphatic heterocycles.